The van der Waals surface area contributed by atoms with E-state index >= 15 is 0 Å². The van der Waals surface area contributed by atoms with E-state index in [0.717, 1.165) is 18.8 Å². The zero-order valence-electron chi connectivity index (χ0n) is 15.7. The Labute approximate surface area is 157 Å². The van der Waals surface area contributed by atoms with Crippen LogP contribution in [0.25, 0.3) is 11.1 Å². The van der Waals surface area contributed by atoms with Gasteiger partial charge in [0.05, 0.1) is 0 Å². The second-order valence-corrected chi connectivity index (χ2v) is 7.29. The molecule has 0 aliphatic carbocycles. The molecule has 0 amide bonds. The average Bonchev–Trinajstić information content (AvgIpc) is 3.30. The fourth-order valence-electron chi connectivity index (χ4n) is 2.94. The molecule has 0 bridgehead atoms. The second kappa shape index (κ2) is 9.57. The molecule has 1 nitrogen and oxygen atoms in total. The van der Waals surface area contributed by atoms with Crippen molar-refractivity contribution in [3.8, 4) is 0 Å². The van der Waals surface area contributed by atoms with Crippen molar-refractivity contribution < 1.29 is 0 Å². The van der Waals surface area contributed by atoms with Gasteiger partial charge in [-0.3, -0.25) is 0 Å². The van der Waals surface area contributed by atoms with Crippen LogP contribution in [0, 0.1) is 0 Å². The van der Waals surface area contributed by atoms with Gasteiger partial charge in [-0.25, -0.2) is 0 Å². The molecule has 130 valence electrons. The van der Waals surface area contributed by atoms with Crippen LogP contribution in [0.15, 0.2) is 66.3 Å². The summed E-state index contributed by atoms with van der Waals surface area (Å²) >= 11 is 1.79. The molecule has 2 rings (SSSR count). The van der Waals surface area contributed by atoms with Gasteiger partial charge in [0.2, 0.25) is 0 Å². The van der Waals surface area contributed by atoms with E-state index < -0.39 is 0 Å². The van der Waals surface area contributed by atoms with E-state index in [1.165, 1.54) is 39.8 Å². The van der Waals surface area contributed by atoms with Gasteiger partial charge in [0.15, 0.2) is 0 Å². The van der Waals surface area contributed by atoms with E-state index in [0.29, 0.717) is 0 Å². The number of nitrogens with zero attached hydrogens (tertiary/aromatic N) is 1. The van der Waals surface area contributed by atoms with Gasteiger partial charge in [0.25, 0.3) is 0 Å². The molecular weight excluding hydrogens is 321 g/mol. The number of rotatable bonds is 7. The monoisotopic (exact) mass is 349 g/mol. The first kappa shape index (κ1) is 19.5. The van der Waals surface area contributed by atoms with Crippen molar-refractivity contribution in [3.63, 3.8) is 0 Å². The molecule has 1 saturated heterocycles. The molecule has 0 atom stereocenters. The Bertz CT molecular complexity index is 740. The first-order valence-electron chi connectivity index (χ1n) is 8.91. The van der Waals surface area contributed by atoms with Gasteiger partial charge in [-0.15, -0.1) is 0 Å². The average molecular weight is 349 g/mol. The van der Waals surface area contributed by atoms with Crippen LogP contribution in [-0.4, -0.2) is 24.9 Å². The van der Waals surface area contributed by atoms with Crippen molar-refractivity contribution in [2.75, 3.05) is 13.1 Å². The number of hydrogen-bond acceptors (Lipinski definition) is 2. The molecule has 0 spiro atoms. The first-order valence-corrected chi connectivity index (χ1v) is 9.79. The van der Waals surface area contributed by atoms with Crippen molar-refractivity contribution in [1.29, 1.82) is 0 Å². The van der Waals surface area contributed by atoms with Crippen LogP contribution < -0.4 is 0 Å². The third kappa shape index (κ3) is 5.30. The van der Waals surface area contributed by atoms with Crippen LogP contribution in [0.3, 0.4) is 0 Å². The molecule has 0 radical (unpaired) electrons. The fraction of sp³-hybridized carbons (Fsp3) is 0.318. The van der Waals surface area contributed by atoms with Gasteiger partial charge in [-0.1, -0.05) is 0 Å². The summed E-state index contributed by atoms with van der Waals surface area (Å²) in [4.78, 5) is 2.40. The van der Waals surface area contributed by atoms with Crippen LogP contribution in [0.4, 0.5) is 0 Å². The molecule has 2 heterocycles. The standard InChI is InChI=1S/C22H28BNS/c1-6-8-9-12-17(3)22-23-21(16-25-22)20(7-2)15-18(4)19(5)24-13-10-11-14-24/h6-9,12,15-16H,1,5,10-11,13-14H2,2-4H3/b9-8-,17-12+,18-15+,20-7+. The summed E-state index contributed by atoms with van der Waals surface area (Å²) < 4.78 is 1.30. The molecule has 0 unspecified atom stereocenters. The van der Waals surface area contributed by atoms with Gasteiger partial charge in [0, 0.05) is 0 Å². The number of allylic oxidation sites excluding steroid dienone is 9. The summed E-state index contributed by atoms with van der Waals surface area (Å²) in [5, 5.41) is 2.24. The summed E-state index contributed by atoms with van der Waals surface area (Å²) in [6.07, 6.45) is 14.9. The predicted octanol–water partition coefficient (Wildman–Crippen LogP) is 6.19. The second-order valence-electron chi connectivity index (χ2n) is 6.38. The van der Waals surface area contributed by atoms with Crippen molar-refractivity contribution in [1.82, 2.24) is 4.90 Å². The molecule has 1 fully saturated rings. The topological polar surface area (TPSA) is 3.24 Å². The van der Waals surface area contributed by atoms with Crippen LogP contribution >= 0.6 is 11.3 Å². The van der Waals surface area contributed by atoms with E-state index in [1.54, 1.807) is 17.4 Å². The van der Waals surface area contributed by atoms with Crippen LogP contribution in [0.1, 0.15) is 43.8 Å². The molecule has 25 heavy (non-hydrogen) atoms. The van der Waals surface area contributed by atoms with Crippen LogP contribution in [0.2, 0.25) is 0 Å². The summed E-state index contributed by atoms with van der Waals surface area (Å²) in [5.41, 5.74) is 6.22. The Morgan fingerprint density at radius 3 is 2.60 bits per heavy atom. The Morgan fingerprint density at radius 1 is 1.24 bits per heavy atom. The number of hydrogen-bond donors (Lipinski definition) is 0. The quantitative estimate of drug-likeness (QED) is 0.531. The maximum atomic E-state index is 4.30. The zero-order chi connectivity index (χ0) is 18.2. The Morgan fingerprint density at radius 2 is 1.96 bits per heavy atom. The molecule has 1 aliphatic rings. The van der Waals surface area contributed by atoms with Crippen molar-refractivity contribution >= 4 is 29.4 Å². The molecule has 0 aromatic carbocycles. The van der Waals surface area contributed by atoms with E-state index in [-0.39, 0.29) is 0 Å². The van der Waals surface area contributed by atoms with Gasteiger partial charge >= 0.3 is 157 Å². The fourth-order valence-corrected chi connectivity index (χ4v) is 3.85. The summed E-state index contributed by atoms with van der Waals surface area (Å²) in [6.45, 7) is 19.0. The molecule has 3 heteroatoms. The summed E-state index contributed by atoms with van der Waals surface area (Å²) in [6, 6.07) is 0. The maximum absolute atomic E-state index is 4.30. The minimum absolute atomic E-state index is 1.14. The Balaban J connectivity index is 2.17. The van der Waals surface area contributed by atoms with Crippen LogP contribution in [0.5, 0.6) is 0 Å². The van der Waals surface area contributed by atoms with Crippen molar-refractivity contribution in [3.05, 3.63) is 76.5 Å². The van der Waals surface area contributed by atoms with E-state index in [9.17, 15) is 0 Å². The molecule has 1 aromatic heterocycles. The van der Waals surface area contributed by atoms with Gasteiger partial charge in [-0.2, -0.15) is 0 Å². The summed E-state index contributed by atoms with van der Waals surface area (Å²) in [7, 11) is 0. The minimum atomic E-state index is 1.14. The van der Waals surface area contributed by atoms with Crippen molar-refractivity contribution in [2.24, 2.45) is 0 Å². The Hall–Kier alpha value is -1.87. The van der Waals surface area contributed by atoms with E-state index in [4.69, 9.17) is 0 Å². The normalized spacial score (nSPS) is 16.6. The molecular formula is C22H28BNS. The SMILES string of the molecule is C=C/C=C\C=C(/C)c1bc(C(=C/C)/C=C(\C)C(=C)N2CCCC2)cs1. The van der Waals surface area contributed by atoms with Gasteiger partial charge in [-0.05, 0) is 0 Å². The summed E-state index contributed by atoms with van der Waals surface area (Å²) in [5.74, 6) is 0. The van der Waals surface area contributed by atoms with E-state index in [1.807, 2.05) is 12.2 Å². The number of likely N-dealkylation sites (tertiary alicyclic amines) is 1. The molecule has 1 aliphatic heterocycles. The van der Waals surface area contributed by atoms with Crippen molar-refractivity contribution in [2.45, 2.75) is 33.6 Å². The molecule has 0 N–H and O–H groups in total. The third-order valence-corrected chi connectivity index (χ3v) is 5.61. The molecule has 1 aromatic rings. The Kier molecular flexibility index (Phi) is 7.45. The first-order chi connectivity index (χ1) is 12.1. The zero-order valence-corrected chi connectivity index (χ0v) is 16.5. The molecule has 0 saturated carbocycles. The van der Waals surface area contributed by atoms with Crippen LogP contribution in [-0.2, 0) is 0 Å². The van der Waals surface area contributed by atoms with Gasteiger partial charge in [0.1, 0.15) is 0 Å². The third-order valence-electron chi connectivity index (χ3n) is 4.54. The predicted molar refractivity (Wildman–Crippen MR) is 116 cm³/mol. The van der Waals surface area contributed by atoms with E-state index in [2.05, 4.69) is 69.3 Å². The van der Waals surface area contributed by atoms with Gasteiger partial charge < -0.3 is 0 Å².